The fourth-order valence-corrected chi connectivity index (χ4v) is 3.29. The summed E-state index contributed by atoms with van der Waals surface area (Å²) in [4.78, 5) is 4.63. The van der Waals surface area contributed by atoms with Crippen LogP contribution in [0, 0.1) is 6.92 Å². The molecule has 0 aliphatic rings. The molecule has 0 amide bonds. The lowest BCUT2D eigenvalue weighted by Gasteiger charge is -2.00. The molecule has 4 heteroatoms. The molecule has 3 aromatic rings. The highest BCUT2D eigenvalue weighted by atomic mass is 35.5. The van der Waals surface area contributed by atoms with Gasteiger partial charge in [-0.15, -0.1) is 11.3 Å². The van der Waals surface area contributed by atoms with Gasteiger partial charge >= 0.3 is 0 Å². The van der Waals surface area contributed by atoms with E-state index in [-0.39, 0.29) is 0 Å². The number of rotatable bonds is 3. The molecule has 22 heavy (non-hydrogen) atoms. The van der Waals surface area contributed by atoms with E-state index in [9.17, 15) is 0 Å². The molecule has 3 rings (SSSR count). The highest BCUT2D eigenvalue weighted by Crippen LogP contribution is 2.28. The van der Waals surface area contributed by atoms with Gasteiger partial charge in [-0.3, -0.25) is 0 Å². The minimum absolute atomic E-state index is 0.638. The Labute approximate surface area is 143 Å². The topological polar surface area (TPSA) is 12.9 Å². The van der Waals surface area contributed by atoms with Gasteiger partial charge in [-0.2, -0.15) is 0 Å². The smallest absolute Gasteiger partial charge is 0.116 e. The van der Waals surface area contributed by atoms with Crippen molar-refractivity contribution in [2.45, 2.75) is 6.92 Å². The fraction of sp³-hybridized carbons (Fsp3) is 0.0556. The number of aromatic nitrogens is 1. The Morgan fingerprint density at radius 3 is 2.32 bits per heavy atom. The largest absolute Gasteiger partial charge is 0.237 e. The first-order valence-corrected chi connectivity index (χ1v) is 8.42. The minimum Gasteiger partial charge on any atom is -0.237 e. The number of nitrogens with zero attached hydrogens (tertiary/aromatic N) is 1. The standard InChI is InChI=1S/C18H13Cl2NS/c1-12-5-7-13(8-6-12)17-11-22-18(21-17)10-9-14-15(19)3-2-4-16(14)20/h2-11H,1H3. The van der Waals surface area contributed by atoms with Gasteiger partial charge in [0.15, 0.2) is 0 Å². The molecule has 0 N–H and O–H groups in total. The molecule has 110 valence electrons. The summed E-state index contributed by atoms with van der Waals surface area (Å²) in [5, 5.41) is 4.25. The average molecular weight is 346 g/mol. The highest BCUT2D eigenvalue weighted by molar-refractivity contribution is 7.10. The lowest BCUT2D eigenvalue weighted by atomic mass is 10.1. The van der Waals surface area contributed by atoms with Crippen LogP contribution in [0.3, 0.4) is 0 Å². The van der Waals surface area contributed by atoms with E-state index in [0.29, 0.717) is 10.0 Å². The number of benzene rings is 2. The molecule has 0 fully saturated rings. The van der Waals surface area contributed by atoms with Crippen molar-refractivity contribution in [1.29, 1.82) is 0 Å². The zero-order valence-corrected chi connectivity index (χ0v) is 14.2. The second-order valence-electron chi connectivity index (χ2n) is 4.91. The van der Waals surface area contributed by atoms with Gasteiger partial charge in [-0.05, 0) is 31.2 Å². The van der Waals surface area contributed by atoms with Crippen molar-refractivity contribution in [3.8, 4) is 11.3 Å². The Kier molecular flexibility index (Phi) is 4.63. The monoisotopic (exact) mass is 345 g/mol. The summed E-state index contributed by atoms with van der Waals surface area (Å²) < 4.78 is 0. The van der Waals surface area contributed by atoms with Crippen LogP contribution in [0.1, 0.15) is 16.1 Å². The van der Waals surface area contributed by atoms with Gasteiger partial charge in [0.2, 0.25) is 0 Å². The highest BCUT2D eigenvalue weighted by Gasteiger charge is 2.04. The van der Waals surface area contributed by atoms with Crippen LogP contribution in [0.15, 0.2) is 47.8 Å². The van der Waals surface area contributed by atoms with Crippen LogP contribution < -0.4 is 0 Å². The molecule has 0 saturated heterocycles. The minimum atomic E-state index is 0.638. The first kappa shape index (κ1) is 15.3. The fourth-order valence-electron chi connectivity index (χ4n) is 2.05. The summed E-state index contributed by atoms with van der Waals surface area (Å²) in [5.74, 6) is 0. The van der Waals surface area contributed by atoms with Gasteiger partial charge in [0.25, 0.3) is 0 Å². The van der Waals surface area contributed by atoms with Crippen molar-refractivity contribution in [1.82, 2.24) is 4.98 Å². The summed E-state index contributed by atoms with van der Waals surface area (Å²) in [5.41, 5.74) is 4.16. The molecule has 0 spiro atoms. The Balaban J connectivity index is 1.85. The predicted octanol–water partition coefficient (Wildman–Crippen LogP) is 6.60. The van der Waals surface area contributed by atoms with E-state index >= 15 is 0 Å². The molecule has 0 saturated carbocycles. The van der Waals surface area contributed by atoms with Crippen LogP contribution in [-0.2, 0) is 0 Å². The predicted molar refractivity (Wildman–Crippen MR) is 97.7 cm³/mol. The van der Waals surface area contributed by atoms with E-state index in [1.165, 1.54) is 5.56 Å². The molecule has 0 atom stereocenters. The Hall–Kier alpha value is -1.61. The van der Waals surface area contributed by atoms with Crippen molar-refractivity contribution in [3.05, 3.63) is 74.0 Å². The van der Waals surface area contributed by atoms with Gasteiger partial charge in [-0.1, -0.05) is 59.1 Å². The molecule has 0 bridgehead atoms. The van der Waals surface area contributed by atoms with Gasteiger partial charge in [0, 0.05) is 26.6 Å². The maximum atomic E-state index is 6.16. The van der Waals surface area contributed by atoms with E-state index < -0.39 is 0 Å². The van der Waals surface area contributed by atoms with Crippen molar-refractivity contribution in [2.75, 3.05) is 0 Å². The summed E-state index contributed by atoms with van der Waals surface area (Å²) in [6, 6.07) is 13.8. The molecule has 2 aromatic carbocycles. The summed E-state index contributed by atoms with van der Waals surface area (Å²) in [6.45, 7) is 2.08. The first-order chi connectivity index (χ1) is 10.6. The van der Waals surface area contributed by atoms with E-state index in [0.717, 1.165) is 21.8 Å². The number of halogens is 2. The Bertz CT molecular complexity index is 799. The van der Waals surface area contributed by atoms with Crippen LogP contribution in [0.4, 0.5) is 0 Å². The third-order valence-corrected chi connectivity index (χ3v) is 4.73. The molecule has 1 aromatic heterocycles. The van der Waals surface area contributed by atoms with E-state index in [2.05, 4.69) is 41.6 Å². The quantitative estimate of drug-likeness (QED) is 0.521. The second kappa shape index (κ2) is 6.66. The third kappa shape index (κ3) is 3.41. The molecule has 1 nitrogen and oxygen atoms in total. The van der Waals surface area contributed by atoms with E-state index in [1.807, 2.05) is 30.4 Å². The summed E-state index contributed by atoms with van der Waals surface area (Å²) in [6.07, 6.45) is 3.85. The molecule has 1 heterocycles. The van der Waals surface area contributed by atoms with Crippen molar-refractivity contribution in [2.24, 2.45) is 0 Å². The van der Waals surface area contributed by atoms with Crippen molar-refractivity contribution in [3.63, 3.8) is 0 Å². The normalized spacial score (nSPS) is 11.2. The molecule has 0 unspecified atom stereocenters. The number of thiazole rings is 1. The van der Waals surface area contributed by atoms with Crippen molar-refractivity contribution >= 4 is 46.7 Å². The number of aryl methyl sites for hydroxylation is 1. The Morgan fingerprint density at radius 1 is 0.955 bits per heavy atom. The lowest BCUT2D eigenvalue weighted by molar-refractivity contribution is 1.37. The van der Waals surface area contributed by atoms with Crippen LogP contribution >= 0.6 is 34.5 Å². The first-order valence-electron chi connectivity index (χ1n) is 6.78. The van der Waals surface area contributed by atoms with E-state index in [4.69, 9.17) is 23.2 Å². The van der Waals surface area contributed by atoms with Crippen molar-refractivity contribution < 1.29 is 0 Å². The summed E-state index contributed by atoms with van der Waals surface area (Å²) in [7, 11) is 0. The molecule has 0 radical (unpaired) electrons. The summed E-state index contributed by atoms with van der Waals surface area (Å²) >= 11 is 13.9. The third-order valence-electron chi connectivity index (χ3n) is 3.26. The van der Waals surface area contributed by atoms with Crippen LogP contribution in [-0.4, -0.2) is 4.98 Å². The van der Waals surface area contributed by atoms with Crippen LogP contribution in [0.5, 0.6) is 0 Å². The number of hydrogen-bond acceptors (Lipinski definition) is 2. The van der Waals surface area contributed by atoms with Gasteiger partial charge in [-0.25, -0.2) is 4.98 Å². The number of hydrogen-bond donors (Lipinski definition) is 0. The maximum absolute atomic E-state index is 6.16. The molecular formula is C18H13Cl2NS. The second-order valence-corrected chi connectivity index (χ2v) is 6.61. The lowest BCUT2D eigenvalue weighted by Crippen LogP contribution is -1.79. The van der Waals surface area contributed by atoms with Gasteiger partial charge < -0.3 is 0 Å². The van der Waals surface area contributed by atoms with Crippen LogP contribution in [0.25, 0.3) is 23.4 Å². The van der Waals surface area contributed by atoms with Gasteiger partial charge in [0.1, 0.15) is 5.01 Å². The zero-order chi connectivity index (χ0) is 15.5. The SMILES string of the molecule is Cc1ccc(-c2csc(C=Cc3c(Cl)cccc3Cl)n2)cc1. The molecule has 0 aliphatic carbocycles. The van der Waals surface area contributed by atoms with Gasteiger partial charge in [0.05, 0.1) is 5.69 Å². The Morgan fingerprint density at radius 2 is 1.64 bits per heavy atom. The average Bonchev–Trinajstić information content (AvgIpc) is 2.96. The zero-order valence-electron chi connectivity index (χ0n) is 11.9. The maximum Gasteiger partial charge on any atom is 0.116 e. The van der Waals surface area contributed by atoms with Crippen LogP contribution in [0.2, 0.25) is 10.0 Å². The molecular weight excluding hydrogens is 333 g/mol. The molecule has 0 aliphatic heterocycles. The van der Waals surface area contributed by atoms with E-state index in [1.54, 1.807) is 11.3 Å².